The summed E-state index contributed by atoms with van der Waals surface area (Å²) < 4.78 is 0. The fraction of sp³-hybridized carbons (Fsp3) is 0.700. The van der Waals surface area contributed by atoms with Crippen LogP contribution in [0.4, 0.5) is 0 Å². The first-order valence-electron chi connectivity index (χ1n) is 5.40. The largest absolute Gasteiger partial charge is 0.389 e. The van der Waals surface area contributed by atoms with Gasteiger partial charge in [0.15, 0.2) is 0 Å². The first kappa shape index (κ1) is 11.5. The minimum Gasteiger partial charge on any atom is -0.389 e. The Balaban J connectivity index is 1.82. The molecule has 0 aliphatic carbocycles. The van der Waals surface area contributed by atoms with Crippen molar-refractivity contribution in [2.45, 2.75) is 24.7 Å². The van der Waals surface area contributed by atoms with Gasteiger partial charge in [0, 0.05) is 37.9 Å². The monoisotopic (exact) mass is 227 g/mol. The smallest absolute Gasteiger partial charge is 0.108 e. The molecule has 2 heterocycles. The number of piperidine rings is 1. The maximum absolute atomic E-state index is 9.50. The Morgan fingerprint density at radius 2 is 2.00 bits per heavy atom. The van der Waals surface area contributed by atoms with Gasteiger partial charge in [-0.25, -0.2) is 4.98 Å². The number of rotatable bonds is 3. The fourth-order valence-electron chi connectivity index (χ4n) is 1.96. The molecule has 90 valence electrons. The van der Waals surface area contributed by atoms with Gasteiger partial charge in [-0.05, 0) is 0 Å². The molecule has 6 heteroatoms. The van der Waals surface area contributed by atoms with Gasteiger partial charge in [0.2, 0.25) is 0 Å². The highest BCUT2D eigenvalue weighted by molar-refractivity contribution is 4.96. The van der Waals surface area contributed by atoms with E-state index in [1.807, 2.05) is 4.90 Å². The van der Waals surface area contributed by atoms with Gasteiger partial charge in [-0.3, -0.25) is 4.90 Å². The summed E-state index contributed by atoms with van der Waals surface area (Å²) in [4.78, 5) is 8.84. The van der Waals surface area contributed by atoms with Gasteiger partial charge >= 0.3 is 0 Å². The van der Waals surface area contributed by atoms with Crippen LogP contribution in [0.3, 0.4) is 0 Å². The minimum atomic E-state index is -1.02. The molecule has 0 unspecified atom stereocenters. The number of imidazole rings is 1. The molecule has 2 rings (SSSR count). The number of hydrogen-bond donors (Lipinski definition) is 4. The molecule has 0 radical (unpaired) electrons. The van der Waals surface area contributed by atoms with Gasteiger partial charge in [-0.2, -0.15) is 0 Å². The van der Waals surface area contributed by atoms with Crippen LogP contribution in [0.1, 0.15) is 5.69 Å². The van der Waals surface area contributed by atoms with Crippen molar-refractivity contribution in [1.82, 2.24) is 14.9 Å². The van der Waals surface area contributed by atoms with Gasteiger partial charge in [-0.1, -0.05) is 0 Å². The number of aliphatic hydroxyl groups excluding tert-OH is 3. The maximum atomic E-state index is 9.50. The van der Waals surface area contributed by atoms with E-state index in [9.17, 15) is 15.3 Å². The molecule has 1 aliphatic heterocycles. The molecule has 16 heavy (non-hydrogen) atoms. The maximum Gasteiger partial charge on any atom is 0.108 e. The summed E-state index contributed by atoms with van der Waals surface area (Å²) in [5.74, 6) is 0. The third-order valence-corrected chi connectivity index (χ3v) is 2.93. The number of aromatic nitrogens is 2. The van der Waals surface area contributed by atoms with Crippen LogP contribution in [0.15, 0.2) is 12.5 Å². The lowest BCUT2D eigenvalue weighted by Crippen LogP contribution is -2.55. The highest BCUT2D eigenvalue weighted by atomic mass is 16.4. The molecular weight excluding hydrogens is 210 g/mol. The lowest BCUT2D eigenvalue weighted by Gasteiger charge is -2.36. The molecule has 0 amide bonds. The van der Waals surface area contributed by atoms with Crippen LogP contribution in [-0.2, 0) is 6.42 Å². The molecule has 6 nitrogen and oxygen atoms in total. The van der Waals surface area contributed by atoms with Crippen molar-refractivity contribution in [3.8, 4) is 0 Å². The molecule has 0 aromatic carbocycles. The highest BCUT2D eigenvalue weighted by Crippen LogP contribution is 2.12. The van der Waals surface area contributed by atoms with Gasteiger partial charge in [-0.15, -0.1) is 0 Å². The summed E-state index contributed by atoms with van der Waals surface area (Å²) in [6.07, 6.45) is 1.40. The first-order chi connectivity index (χ1) is 7.66. The number of aliphatic hydroxyl groups is 3. The van der Waals surface area contributed by atoms with Crippen LogP contribution >= 0.6 is 0 Å². The highest BCUT2D eigenvalue weighted by Gasteiger charge is 2.32. The Morgan fingerprint density at radius 1 is 1.31 bits per heavy atom. The van der Waals surface area contributed by atoms with E-state index in [1.54, 1.807) is 12.5 Å². The second-order valence-electron chi connectivity index (χ2n) is 4.21. The molecule has 0 bridgehead atoms. The number of nitrogens with zero attached hydrogens (tertiary/aromatic N) is 2. The van der Waals surface area contributed by atoms with Crippen molar-refractivity contribution in [2.75, 3.05) is 19.6 Å². The second-order valence-corrected chi connectivity index (χ2v) is 4.21. The van der Waals surface area contributed by atoms with Crippen molar-refractivity contribution < 1.29 is 15.3 Å². The lowest BCUT2D eigenvalue weighted by atomic mass is 10.0. The minimum absolute atomic E-state index is 0.395. The fourth-order valence-corrected chi connectivity index (χ4v) is 1.96. The quantitative estimate of drug-likeness (QED) is 0.496. The molecule has 1 fully saturated rings. The average Bonchev–Trinajstić information content (AvgIpc) is 2.75. The van der Waals surface area contributed by atoms with Crippen LogP contribution in [0, 0.1) is 0 Å². The molecule has 1 aromatic heterocycles. The van der Waals surface area contributed by atoms with Gasteiger partial charge in [0.25, 0.3) is 0 Å². The van der Waals surface area contributed by atoms with Crippen molar-refractivity contribution in [3.63, 3.8) is 0 Å². The van der Waals surface area contributed by atoms with E-state index in [2.05, 4.69) is 9.97 Å². The summed E-state index contributed by atoms with van der Waals surface area (Å²) in [5, 5.41) is 28.4. The van der Waals surface area contributed by atoms with Crippen LogP contribution in [0.2, 0.25) is 0 Å². The first-order valence-corrected chi connectivity index (χ1v) is 5.40. The summed E-state index contributed by atoms with van der Waals surface area (Å²) in [6.45, 7) is 1.52. The number of likely N-dealkylation sites (tertiary alicyclic amines) is 1. The molecule has 1 aliphatic rings. The topological polar surface area (TPSA) is 92.6 Å². The van der Waals surface area contributed by atoms with Gasteiger partial charge in [0.1, 0.15) is 6.10 Å². The molecular formula is C10H17N3O3. The molecule has 2 atom stereocenters. The van der Waals surface area contributed by atoms with E-state index < -0.39 is 18.3 Å². The van der Waals surface area contributed by atoms with Gasteiger partial charge < -0.3 is 20.3 Å². The van der Waals surface area contributed by atoms with Crippen molar-refractivity contribution in [3.05, 3.63) is 18.2 Å². The number of aromatic amines is 1. The second kappa shape index (κ2) is 4.92. The van der Waals surface area contributed by atoms with Crippen LogP contribution in [-0.4, -0.2) is 68.1 Å². The summed E-state index contributed by atoms with van der Waals surface area (Å²) in [5.41, 5.74) is 1.02. The average molecular weight is 227 g/mol. The Kier molecular flexibility index (Phi) is 3.55. The number of H-pyrrole nitrogens is 1. The Hall–Kier alpha value is -0.950. The third-order valence-electron chi connectivity index (χ3n) is 2.93. The summed E-state index contributed by atoms with van der Waals surface area (Å²) in [7, 11) is 0. The van der Waals surface area contributed by atoms with E-state index >= 15 is 0 Å². The van der Waals surface area contributed by atoms with E-state index in [-0.39, 0.29) is 0 Å². The van der Waals surface area contributed by atoms with Crippen molar-refractivity contribution >= 4 is 0 Å². The standard InChI is InChI=1S/C10H17N3O3/c14-8-4-13(5-9(15)10(8)16)2-1-7-3-11-6-12-7/h3,6,8-10,14-16H,1-2,4-5H2,(H,11,12)/t8-,9-/m1/s1. The van der Waals surface area contributed by atoms with Crippen LogP contribution in [0.5, 0.6) is 0 Å². The normalized spacial score (nSPS) is 28.4. The predicted molar refractivity (Wildman–Crippen MR) is 56.8 cm³/mol. The Bertz CT molecular complexity index is 305. The summed E-state index contributed by atoms with van der Waals surface area (Å²) in [6, 6.07) is 0. The predicted octanol–water partition coefficient (Wildman–Crippen LogP) is -1.65. The third kappa shape index (κ3) is 2.59. The zero-order valence-corrected chi connectivity index (χ0v) is 8.95. The number of hydrogen-bond acceptors (Lipinski definition) is 5. The van der Waals surface area contributed by atoms with E-state index in [0.717, 1.165) is 18.7 Å². The Morgan fingerprint density at radius 3 is 2.56 bits per heavy atom. The number of β-amino-alcohol motifs (C(OH)–C–C–N with tert-alkyl or cyclic N) is 2. The molecule has 0 saturated carbocycles. The van der Waals surface area contributed by atoms with Crippen LogP contribution in [0.25, 0.3) is 0 Å². The SMILES string of the molecule is OC1[C@H](O)CN(CCc2cnc[nH]2)C[C@H]1O. The number of nitrogens with one attached hydrogen (secondary N) is 1. The zero-order chi connectivity index (χ0) is 11.5. The molecule has 1 aromatic rings. The van der Waals surface area contributed by atoms with Crippen LogP contribution < -0.4 is 0 Å². The lowest BCUT2D eigenvalue weighted by molar-refractivity contribution is -0.109. The van der Waals surface area contributed by atoms with E-state index in [0.29, 0.717) is 13.1 Å². The van der Waals surface area contributed by atoms with Crippen molar-refractivity contribution in [2.24, 2.45) is 0 Å². The Labute approximate surface area is 93.6 Å². The van der Waals surface area contributed by atoms with E-state index in [4.69, 9.17) is 0 Å². The van der Waals surface area contributed by atoms with Gasteiger partial charge in [0.05, 0.1) is 18.5 Å². The molecule has 4 N–H and O–H groups in total. The van der Waals surface area contributed by atoms with Crippen molar-refractivity contribution in [1.29, 1.82) is 0 Å². The zero-order valence-electron chi connectivity index (χ0n) is 8.95. The molecule has 0 spiro atoms. The summed E-state index contributed by atoms with van der Waals surface area (Å²) >= 11 is 0. The molecule has 1 saturated heterocycles. The van der Waals surface area contributed by atoms with E-state index in [1.165, 1.54) is 0 Å².